The van der Waals surface area contributed by atoms with E-state index in [1.807, 2.05) is 0 Å². The molecule has 7 nitrogen and oxygen atoms in total. The van der Waals surface area contributed by atoms with Crippen molar-refractivity contribution in [3.05, 3.63) is 70.3 Å². The van der Waals surface area contributed by atoms with Crippen molar-refractivity contribution in [3.8, 4) is 22.5 Å². The number of aromatic nitrogens is 5. The maximum Gasteiger partial charge on any atom is 0.435 e. The molecule has 0 aliphatic rings. The second kappa shape index (κ2) is 6.46. The van der Waals surface area contributed by atoms with Crippen molar-refractivity contribution in [1.82, 2.24) is 24.6 Å². The van der Waals surface area contributed by atoms with E-state index in [2.05, 4.69) is 20.1 Å². The van der Waals surface area contributed by atoms with Crippen LogP contribution in [-0.4, -0.2) is 24.6 Å². The van der Waals surface area contributed by atoms with E-state index in [-0.39, 0.29) is 22.6 Å². The summed E-state index contributed by atoms with van der Waals surface area (Å²) in [5.74, 6) is 0.193. The highest BCUT2D eigenvalue weighted by atomic mass is 19.4. The predicted octanol–water partition coefficient (Wildman–Crippen LogP) is 4.14. The van der Waals surface area contributed by atoms with E-state index in [0.717, 1.165) is 4.52 Å². The highest BCUT2D eigenvalue weighted by Crippen LogP contribution is 2.38. The van der Waals surface area contributed by atoms with E-state index >= 15 is 0 Å². The zero-order valence-corrected chi connectivity index (χ0v) is 16.1. The van der Waals surface area contributed by atoms with E-state index in [1.54, 1.807) is 43.3 Å². The fourth-order valence-corrected chi connectivity index (χ4v) is 3.71. The van der Waals surface area contributed by atoms with Gasteiger partial charge in [0, 0.05) is 5.69 Å². The summed E-state index contributed by atoms with van der Waals surface area (Å²) in [4.78, 5) is 23.6. The van der Waals surface area contributed by atoms with Gasteiger partial charge in [0.2, 0.25) is 0 Å². The third kappa shape index (κ3) is 2.87. The first-order chi connectivity index (χ1) is 14.8. The third-order valence-corrected chi connectivity index (χ3v) is 5.09. The number of nitrogen functional groups attached to an aromatic ring is 1. The maximum atomic E-state index is 13.8. The number of fused-ring (bicyclic) bond motifs is 2. The van der Waals surface area contributed by atoms with Crippen LogP contribution in [0.15, 0.2) is 53.3 Å². The van der Waals surface area contributed by atoms with Crippen LogP contribution in [0.4, 0.5) is 18.9 Å². The summed E-state index contributed by atoms with van der Waals surface area (Å²) >= 11 is 0. The first-order valence-electron chi connectivity index (χ1n) is 9.28. The van der Waals surface area contributed by atoms with Crippen molar-refractivity contribution in [3.63, 3.8) is 0 Å². The van der Waals surface area contributed by atoms with Crippen LogP contribution in [0.25, 0.3) is 39.2 Å². The van der Waals surface area contributed by atoms with Crippen molar-refractivity contribution in [1.29, 1.82) is 0 Å². The van der Waals surface area contributed by atoms with Crippen LogP contribution in [0.2, 0.25) is 0 Å². The molecule has 2 aromatic carbocycles. The lowest BCUT2D eigenvalue weighted by Gasteiger charge is -2.07. The molecule has 3 heterocycles. The van der Waals surface area contributed by atoms with Crippen LogP contribution in [-0.2, 0) is 6.18 Å². The fraction of sp³-hybridized carbons (Fsp3) is 0.0952. The van der Waals surface area contributed by atoms with Crippen molar-refractivity contribution in [2.45, 2.75) is 13.1 Å². The van der Waals surface area contributed by atoms with Gasteiger partial charge in [-0.15, -0.1) is 0 Å². The average molecular weight is 424 g/mol. The molecule has 0 fully saturated rings. The molecule has 0 amide bonds. The number of aryl methyl sites for hydroxylation is 1. The Labute approximate surface area is 172 Å². The van der Waals surface area contributed by atoms with Gasteiger partial charge in [0.1, 0.15) is 17.0 Å². The highest BCUT2D eigenvalue weighted by Gasteiger charge is 2.39. The monoisotopic (exact) mass is 424 g/mol. The molecule has 0 saturated heterocycles. The molecule has 0 atom stereocenters. The fourth-order valence-electron chi connectivity index (χ4n) is 3.71. The molecule has 4 N–H and O–H groups in total. The van der Waals surface area contributed by atoms with Gasteiger partial charge in [-0.05, 0) is 24.6 Å². The molecule has 0 aliphatic heterocycles. The molecule has 0 unspecified atom stereocenters. The van der Waals surface area contributed by atoms with E-state index in [0.29, 0.717) is 28.0 Å². The SMILES string of the molecule is Cc1[nH]c2c(-c3ccccc3)c(C(F)(F)F)nn2c(=O)c1-c1nc2cccc(N)c2[nH]1. The van der Waals surface area contributed by atoms with Crippen LogP contribution in [0.1, 0.15) is 11.4 Å². The minimum Gasteiger partial charge on any atom is -0.397 e. The van der Waals surface area contributed by atoms with Gasteiger partial charge < -0.3 is 15.7 Å². The number of rotatable bonds is 2. The number of alkyl halides is 3. The summed E-state index contributed by atoms with van der Waals surface area (Å²) in [6, 6.07) is 13.1. The second-order valence-corrected chi connectivity index (χ2v) is 7.10. The van der Waals surface area contributed by atoms with Gasteiger partial charge in [0.15, 0.2) is 5.69 Å². The van der Waals surface area contributed by atoms with Crippen LogP contribution >= 0.6 is 0 Å². The zero-order valence-electron chi connectivity index (χ0n) is 16.1. The number of imidazole rings is 1. The topological polar surface area (TPSA) is 105 Å². The molecule has 10 heteroatoms. The van der Waals surface area contributed by atoms with Gasteiger partial charge in [-0.3, -0.25) is 4.79 Å². The Kier molecular flexibility index (Phi) is 3.94. The third-order valence-electron chi connectivity index (χ3n) is 5.09. The molecule has 0 bridgehead atoms. The van der Waals surface area contributed by atoms with E-state index < -0.39 is 17.4 Å². The molecule has 5 rings (SSSR count). The first kappa shape index (κ1) is 18.9. The number of hydrogen-bond acceptors (Lipinski definition) is 4. The quantitative estimate of drug-likeness (QED) is 0.370. The van der Waals surface area contributed by atoms with Crippen LogP contribution < -0.4 is 11.3 Å². The Morgan fingerprint density at radius 2 is 1.74 bits per heavy atom. The maximum absolute atomic E-state index is 13.8. The number of hydrogen-bond donors (Lipinski definition) is 3. The van der Waals surface area contributed by atoms with Gasteiger partial charge in [-0.2, -0.15) is 22.8 Å². The molecule has 5 aromatic rings. The number of nitrogens with one attached hydrogen (secondary N) is 2. The molecule has 0 spiro atoms. The number of aromatic amines is 2. The molecular weight excluding hydrogens is 409 g/mol. The van der Waals surface area contributed by atoms with Gasteiger partial charge in [0.05, 0.1) is 22.3 Å². The Morgan fingerprint density at radius 3 is 2.42 bits per heavy atom. The summed E-state index contributed by atoms with van der Waals surface area (Å²) < 4.78 is 42.1. The number of nitrogens with zero attached hydrogens (tertiary/aromatic N) is 3. The molecule has 0 saturated carbocycles. The standard InChI is InChI=1S/C21H15F3N6O/c1-10-14(18-27-13-9-5-8-12(25)16(13)28-18)20(31)30-19(26-10)15(11-6-3-2-4-7-11)17(29-30)21(22,23)24/h2-9,26H,25H2,1H3,(H,27,28). The van der Waals surface area contributed by atoms with Crippen LogP contribution in [0.3, 0.4) is 0 Å². The number of nitrogens with two attached hydrogens (primary N) is 1. The largest absolute Gasteiger partial charge is 0.435 e. The van der Waals surface area contributed by atoms with E-state index in [9.17, 15) is 18.0 Å². The number of H-pyrrole nitrogens is 2. The number of anilines is 1. The molecular formula is C21H15F3N6O. The van der Waals surface area contributed by atoms with Crippen molar-refractivity contribution >= 4 is 22.4 Å². The van der Waals surface area contributed by atoms with Crippen molar-refractivity contribution in [2.24, 2.45) is 0 Å². The smallest absolute Gasteiger partial charge is 0.397 e. The Bertz CT molecular complexity index is 1510. The normalized spacial score (nSPS) is 12.1. The van der Waals surface area contributed by atoms with Gasteiger partial charge >= 0.3 is 6.18 Å². The highest BCUT2D eigenvalue weighted by molar-refractivity contribution is 5.89. The molecule has 0 aliphatic carbocycles. The Hall–Kier alpha value is -4.08. The molecule has 0 radical (unpaired) electrons. The average Bonchev–Trinajstić information content (AvgIpc) is 3.31. The molecule has 156 valence electrons. The van der Waals surface area contributed by atoms with Crippen molar-refractivity contribution < 1.29 is 13.2 Å². The minimum absolute atomic E-state index is 0.0413. The second-order valence-electron chi connectivity index (χ2n) is 7.10. The number of para-hydroxylation sites is 1. The summed E-state index contributed by atoms with van der Waals surface area (Å²) in [7, 11) is 0. The summed E-state index contributed by atoms with van der Waals surface area (Å²) in [5, 5.41) is 3.64. The number of benzene rings is 2. The summed E-state index contributed by atoms with van der Waals surface area (Å²) in [6.07, 6.45) is -4.75. The lowest BCUT2D eigenvalue weighted by Crippen LogP contribution is -2.20. The van der Waals surface area contributed by atoms with Crippen LogP contribution in [0.5, 0.6) is 0 Å². The lowest BCUT2D eigenvalue weighted by atomic mass is 10.1. The summed E-state index contributed by atoms with van der Waals surface area (Å²) in [5.41, 5.74) is 6.10. The molecule has 3 aromatic heterocycles. The van der Waals surface area contributed by atoms with Gasteiger partial charge in [-0.25, -0.2) is 4.98 Å². The van der Waals surface area contributed by atoms with Gasteiger partial charge in [-0.1, -0.05) is 36.4 Å². The predicted molar refractivity (Wildman–Crippen MR) is 110 cm³/mol. The first-order valence-corrected chi connectivity index (χ1v) is 9.28. The summed E-state index contributed by atoms with van der Waals surface area (Å²) in [6.45, 7) is 1.60. The van der Waals surface area contributed by atoms with Gasteiger partial charge in [0.25, 0.3) is 5.56 Å². The lowest BCUT2D eigenvalue weighted by molar-refractivity contribution is -0.140. The van der Waals surface area contributed by atoms with E-state index in [1.165, 1.54) is 12.1 Å². The Balaban J connectivity index is 1.84. The van der Waals surface area contributed by atoms with Crippen molar-refractivity contribution in [2.75, 3.05) is 5.73 Å². The van der Waals surface area contributed by atoms with Crippen LogP contribution in [0, 0.1) is 6.92 Å². The number of halogens is 3. The minimum atomic E-state index is -4.75. The Morgan fingerprint density at radius 1 is 1.00 bits per heavy atom. The van der Waals surface area contributed by atoms with E-state index in [4.69, 9.17) is 5.73 Å². The molecule has 31 heavy (non-hydrogen) atoms. The zero-order chi connectivity index (χ0) is 21.9.